The highest BCUT2D eigenvalue weighted by Crippen LogP contribution is 2.43. The third kappa shape index (κ3) is 8.83. The molecule has 1 aromatic rings. The molecule has 6 atom stereocenters. The molecule has 3 aliphatic carbocycles. The molecule has 5 rings (SSSR count). The quantitative estimate of drug-likeness (QED) is 0.230. The zero-order valence-electron chi connectivity index (χ0n) is 29.3. The molecule has 0 spiro atoms. The van der Waals surface area contributed by atoms with Crippen molar-refractivity contribution in [3.63, 3.8) is 0 Å². The largest absolute Gasteiger partial charge is 0.347 e. The van der Waals surface area contributed by atoms with Gasteiger partial charge in [0, 0.05) is 25.0 Å². The molecule has 1 unspecified atom stereocenters. The summed E-state index contributed by atoms with van der Waals surface area (Å²) < 4.78 is 0. The number of carbonyl (C=O) groups is 6. The van der Waals surface area contributed by atoms with Gasteiger partial charge in [-0.15, -0.1) is 0 Å². The Balaban J connectivity index is 1.36. The molecule has 4 N–H and O–H groups in total. The van der Waals surface area contributed by atoms with E-state index in [0.717, 1.165) is 64.2 Å². The number of rotatable bonds is 13. The van der Waals surface area contributed by atoms with Gasteiger partial charge in [0.2, 0.25) is 23.5 Å². The third-order valence-corrected chi connectivity index (χ3v) is 10.7. The van der Waals surface area contributed by atoms with Crippen LogP contribution in [0.25, 0.3) is 0 Å². The van der Waals surface area contributed by atoms with E-state index >= 15 is 0 Å². The second-order valence-electron chi connectivity index (χ2n) is 15.5. The molecule has 268 valence electrons. The number of carbonyl (C=O) groups excluding carboxylic acids is 6. The van der Waals surface area contributed by atoms with E-state index in [1.807, 2.05) is 27.7 Å². The molecule has 2 heterocycles. The molecule has 13 heteroatoms. The number of fused-ring (bicyclic) bond motifs is 1. The highest BCUT2D eigenvalue weighted by Gasteiger charge is 2.52. The van der Waals surface area contributed by atoms with Gasteiger partial charge in [0.1, 0.15) is 23.8 Å². The van der Waals surface area contributed by atoms with Crippen LogP contribution in [0.3, 0.4) is 0 Å². The Kier molecular flexibility index (Phi) is 11.7. The van der Waals surface area contributed by atoms with Gasteiger partial charge < -0.3 is 26.2 Å². The van der Waals surface area contributed by atoms with E-state index in [1.165, 1.54) is 18.6 Å². The SMILES string of the molecule is CCC[C@H](NC(=O)[C@@H]1[C@@H]2CCC[C@H]2CN1C(=O)C(NC(=O)[C@H](NC(=O)c1cnccn1)C1CCCCC1)C(C)(C)C)C(=O)C(=O)NC1CC1. The van der Waals surface area contributed by atoms with Crippen LogP contribution in [0.4, 0.5) is 0 Å². The van der Waals surface area contributed by atoms with Gasteiger partial charge in [-0.1, -0.05) is 59.8 Å². The average molecular weight is 680 g/mol. The van der Waals surface area contributed by atoms with Gasteiger partial charge in [0.15, 0.2) is 0 Å². The molecule has 4 aliphatic rings. The van der Waals surface area contributed by atoms with Crippen LogP contribution in [0.5, 0.6) is 0 Å². The van der Waals surface area contributed by atoms with E-state index in [4.69, 9.17) is 0 Å². The average Bonchev–Trinajstić information content (AvgIpc) is 3.65. The Bertz CT molecular complexity index is 1390. The van der Waals surface area contributed by atoms with E-state index < -0.39 is 59.0 Å². The predicted molar refractivity (Wildman–Crippen MR) is 181 cm³/mol. The van der Waals surface area contributed by atoms with E-state index in [1.54, 1.807) is 4.90 Å². The molecule has 3 saturated carbocycles. The van der Waals surface area contributed by atoms with Crippen LogP contribution in [0.1, 0.15) is 115 Å². The summed E-state index contributed by atoms with van der Waals surface area (Å²) in [5.41, 5.74) is -0.638. The Morgan fingerprint density at radius 1 is 0.898 bits per heavy atom. The van der Waals surface area contributed by atoms with Crippen molar-refractivity contribution in [3.8, 4) is 0 Å². The second-order valence-corrected chi connectivity index (χ2v) is 15.5. The summed E-state index contributed by atoms with van der Waals surface area (Å²) in [4.78, 5) is 91.4. The fourth-order valence-electron chi connectivity index (χ4n) is 7.87. The summed E-state index contributed by atoms with van der Waals surface area (Å²) in [7, 11) is 0. The maximum atomic E-state index is 14.6. The van der Waals surface area contributed by atoms with Crippen molar-refractivity contribution >= 4 is 35.3 Å². The first kappa shape index (κ1) is 36.4. The number of hydrogen-bond donors (Lipinski definition) is 4. The van der Waals surface area contributed by atoms with Crippen LogP contribution in [0.2, 0.25) is 0 Å². The number of amides is 5. The van der Waals surface area contributed by atoms with Crippen LogP contribution < -0.4 is 21.3 Å². The van der Waals surface area contributed by atoms with Crippen LogP contribution in [0.15, 0.2) is 18.6 Å². The molecule has 1 aliphatic heterocycles. The van der Waals surface area contributed by atoms with E-state index in [9.17, 15) is 28.8 Å². The van der Waals surface area contributed by atoms with Crippen LogP contribution in [-0.2, 0) is 24.0 Å². The van der Waals surface area contributed by atoms with Crippen molar-refractivity contribution in [1.29, 1.82) is 0 Å². The smallest absolute Gasteiger partial charge is 0.289 e. The minimum atomic E-state index is -0.994. The fraction of sp³-hybridized carbons (Fsp3) is 0.722. The summed E-state index contributed by atoms with van der Waals surface area (Å²) in [5, 5.41) is 11.5. The molecule has 13 nitrogen and oxygen atoms in total. The lowest BCUT2D eigenvalue weighted by Gasteiger charge is -2.38. The van der Waals surface area contributed by atoms with Crippen LogP contribution in [-0.4, -0.2) is 86.9 Å². The van der Waals surface area contributed by atoms with Gasteiger partial charge in [0.25, 0.3) is 11.8 Å². The zero-order chi connectivity index (χ0) is 35.3. The number of likely N-dealkylation sites (tertiary alicyclic amines) is 1. The lowest BCUT2D eigenvalue weighted by Crippen LogP contribution is -2.62. The molecule has 0 radical (unpaired) electrons. The molecular formula is C36H53N7O6. The Hall–Kier alpha value is -3.90. The lowest BCUT2D eigenvalue weighted by atomic mass is 9.82. The number of hydrogen-bond acceptors (Lipinski definition) is 8. The Morgan fingerprint density at radius 3 is 2.27 bits per heavy atom. The number of ketones is 1. The van der Waals surface area contributed by atoms with Crippen molar-refractivity contribution in [3.05, 3.63) is 24.3 Å². The normalized spacial score (nSPS) is 24.2. The minimum Gasteiger partial charge on any atom is -0.347 e. The number of nitrogens with one attached hydrogen (secondary N) is 4. The molecule has 1 saturated heterocycles. The van der Waals surface area contributed by atoms with Gasteiger partial charge in [0.05, 0.1) is 12.2 Å². The maximum Gasteiger partial charge on any atom is 0.289 e. The predicted octanol–water partition coefficient (Wildman–Crippen LogP) is 2.45. The standard InChI is InChI=1S/C36H53N7O6/c1-5-10-25(29(44)34(48)39-23-15-16-23)40-33(47)28-24-14-9-13-22(24)20-43(28)35(49)30(36(2,3)4)42-32(46)27(21-11-7-6-8-12-21)41-31(45)26-19-37-17-18-38-26/h17-19,21-25,27-28,30H,5-16,20H2,1-4H3,(H,39,48)(H,40,47)(H,41,45)(H,42,46)/t22-,24+,25-,27+,28-,30?/m0/s1. The van der Waals surface area contributed by atoms with Gasteiger partial charge in [-0.2, -0.15) is 0 Å². The summed E-state index contributed by atoms with van der Waals surface area (Å²) in [6.07, 6.45) is 13.9. The first-order chi connectivity index (χ1) is 23.4. The molecule has 1 aromatic heterocycles. The van der Waals surface area contributed by atoms with Crippen molar-refractivity contribution in [2.24, 2.45) is 23.2 Å². The first-order valence-corrected chi connectivity index (χ1v) is 18.2. The monoisotopic (exact) mass is 679 g/mol. The van der Waals surface area contributed by atoms with Gasteiger partial charge in [-0.05, 0) is 68.1 Å². The highest BCUT2D eigenvalue weighted by molar-refractivity contribution is 6.38. The molecule has 49 heavy (non-hydrogen) atoms. The Morgan fingerprint density at radius 2 is 1.63 bits per heavy atom. The maximum absolute atomic E-state index is 14.6. The Labute approximate surface area is 288 Å². The van der Waals surface area contributed by atoms with Gasteiger partial charge in [-0.3, -0.25) is 33.8 Å². The molecular weight excluding hydrogens is 626 g/mol. The molecule has 0 aromatic carbocycles. The van der Waals surface area contributed by atoms with E-state index in [0.29, 0.717) is 19.4 Å². The van der Waals surface area contributed by atoms with Crippen molar-refractivity contribution < 1.29 is 28.8 Å². The number of nitrogens with zero attached hydrogens (tertiary/aromatic N) is 3. The number of Topliss-reactive ketones (excluding diaryl/α,β-unsaturated/α-hetero) is 1. The summed E-state index contributed by atoms with van der Waals surface area (Å²) in [6.45, 7) is 7.85. The summed E-state index contributed by atoms with van der Waals surface area (Å²) in [5.74, 6) is -3.20. The summed E-state index contributed by atoms with van der Waals surface area (Å²) in [6, 6.07) is -3.68. The van der Waals surface area contributed by atoms with Crippen molar-refractivity contribution in [2.45, 2.75) is 135 Å². The molecule has 4 fully saturated rings. The topological polar surface area (TPSA) is 180 Å². The minimum absolute atomic E-state index is 0.0132. The van der Waals surface area contributed by atoms with Crippen molar-refractivity contribution in [1.82, 2.24) is 36.1 Å². The molecule has 0 bridgehead atoms. The van der Waals surface area contributed by atoms with Crippen LogP contribution in [0, 0.1) is 23.2 Å². The van der Waals surface area contributed by atoms with E-state index in [2.05, 4.69) is 31.2 Å². The third-order valence-electron chi connectivity index (χ3n) is 10.7. The van der Waals surface area contributed by atoms with Gasteiger partial charge in [-0.25, -0.2) is 4.98 Å². The number of aromatic nitrogens is 2. The zero-order valence-corrected chi connectivity index (χ0v) is 29.3. The molecule has 5 amide bonds. The second kappa shape index (κ2) is 15.8. The highest BCUT2D eigenvalue weighted by atomic mass is 16.2. The fourth-order valence-corrected chi connectivity index (χ4v) is 7.87. The first-order valence-electron chi connectivity index (χ1n) is 18.2. The lowest BCUT2D eigenvalue weighted by molar-refractivity contribution is -0.146. The van der Waals surface area contributed by atoms with Crippen LogP contribution >= 0.6 is 0 Å². The summed E-state index contributed by atoms with van der Waals surface area (Å²) >= 11 is 0. The van der Waals surface area contributed by atoms with Crippen molar-refractivity contribution in [2.75, 3.05) is 6.54 Å². The van der Waals surface area contributed by atoms with Gasteiger partial charge >= 0.3 is 0 Å². The van der Waals surface area contributed by atoms with E-state index in [-0.39, 0.29) is 35.4 Å².